The van der Waals surface area contributed by atoms with E-state index >= 15 is 0 Å². The predicted octanol–water partition coefficient (Wildman–Crippen LogP) is 2.39. The Balaban J connectivity index is 0.00000225. The zero-order valence-electron chi connectivity index (χ0n) is 14.9. The molecule has 0 radical (unpaired) electrons. The Morgan fingerprint density at radius 3 is 2.54 bits per heavy atom. The van der Waals surface area contributed by atoms with E-state index in [0.717, 1.165) is 27.0 Å². The van der Waals surface area contributed by atoms with E-state index in [1.54, 1.807) is 24.4 Å². The number of nitrogens with one attached hydrogen (secondary N) is 2. The molecule has 2 aromatic carbocycles. The molecule has 2 aromatic heterocycles. The van der Waals surface area contributed by atoms with E-state index in [9.17, 15) is 15.6 Å². The summed E-state index contributed by atoms with van der Waals surface area (Å²) in [6.45, 7) is 0.529. The van der Waals surface area contributed by atoms with Gasteiger partial charge in [0.15, 0.2) is 5.69 Å². The molecule has 7 nitrogen and oxygen atoms in total. The maximum Gasteiger partial charge on any atom is 0.235 e. The van der Waals surface area contributed by atoms with Gasteiger partial charge in [-0.15, -0.1) is 12.4 Å². The van der Waals surface area contributed by atoms with Crippen LogP contribution in [0.5, 0.6) is 0 Å². The van der Waals surface area contributed by atoms with Crippen LogP contribution in [0.15, 0.2) is 66.9 Å². The molecule has 0 aliphatic rings. The van der Waals surface area contributed by atoms with Gasteiger partial charge in [-0.05, 0) is 18.2 Å². The molecule has 4 aromatic rings. The fourth-order valence-corrected chi connectivity index (χ4v) is 3.29. The number of rotatable bonds is 5. The minimum Gasteiger partial charge on any atom is -0.595 e. The predicted molar refractivity (Wildman–Crippen MR) is 108 cm³/mol. The second kappa shape index (κ2) is 8.37. The number of pyridine rings is 2. The topological polar surface area (TPSA) is 96.8 Å². The van der Waals surface area contributed by atoms with E-state index in [2.05, 4.69) is 10.3 Å². The lowest BCUT2D eigenvalue weighted by molar-refractivity contribution is -0.990. The van der Waals surface area contributed by atoms with Crippen LogP contribution in [-0.2, 0) is 6.42 Å². The molecular weight excluding hydrogens is 380 g/mol. The van der Waals surface area contributed by atoms with Gasteiger partial charge in [-0.25, -0.2) is 10.2 Å². The minimum atomic E-state index is -0.989. The molecule has 4 rings (SSSR count). The second-order valence-electron chi connectivity index (χ2n) is 6.22. The average Bonchev–Trinajstić information content (AvgIpc) is 2.68. The summed E-state index contributed by atoms with van der Waals surface area (Å²) in [6.07, 6.45) is 2.15. The first-order chi connectivity index (χ1) is 13.1. The van der Waals surface area contributed by atoms with Crippen LogP contribution in [0.2, 0.25) is 0 Å². The van der Waals surface area contributed by atoms with Crippen molar-refractivity contribution in [2.45, 2.75) is 6.42 Å². The van der Waals surface area contributed by atoms with Gasteiger partial charge in [0.25, 0.3) is 0 Å². The van der Waals surface area contributed by atoms with E-state index in [0.29, 0.717) is 23.9 Å². The number of anilines is 1. The maximum atomic E-state index is 11.8. The number of nitrogens with zero attached hydrogens (tertiary/aromatic N) is 2. The van der Waals surface area contributed by atoms with Crippen molar-refractivity contribution in [2.75, 3.05) is 11.9 Å². The Morgan fingerprint density at radius 2 is 1.75 bits per heavy atom. The molecule has 1 atom stereocenters. The van der Waals surface area contributed by atoms with Crippen LogP contribution >= 0.6 is 12.4 Å². The summed E-state index contributed by atoms with van der Waals surface area (Å²) in [4.78, 5) is 4.61. The summed E-state index contributed by atoms with van der Waals surface area (Å²) < 4.78 is 1.09. The van der Waals surface area contributed by atoms with Gasteiger partial charge in [0.1, 0.15) is 0 Å². The molecule has 28 heavy (non-hydrogen) atoms. The van der Waals surface area contributed by atoms with Gasteiger partial charge in [-0.3, -0.25) is 5.21 Å². The van der Waals surface area contributed by atoms with Crippen LogP contribution in [0.1, 0.15) is 5.69 Å². The quantitative estimate of drug-likeness (QED) is 0.179. The summed E-state index contributed by atoms with van der Waals surface area (Å²) in [5, 5.41) is 35.1. The number of quaternary nitrogens is 1. The zero-order valence-corrected chi connectivity index (χ0v) is 15.7. The third-order valence-electron chi connectivity index (χ3n) is 4.54. The number of hydrogen-bond donors (Lipinski definition) is 4. The highest BCUT2D eigenvalue weighted by Crippen LogP contribution is 2.34. The summed E-state index contributed by atoms with van der Waals surface area (Å²) >= 11 is 0. The summed E-state index contributed by atoms with van der Waals surface area (Å²) in [5.41, 5.74) is 3.14. The summed E-state index contributed by atoms with van der Waals surface area (Å²) in [5.74, 6) is 0. The lowest BCUT2D eigenvalue weighted by Crippen LogP contribution is -2.99. The van der Waals surface area contributed by atoms with Crippen LogP contribution in [-0.4, -0.2) is 21.9 Å². The summed E-state index contributed by atoms with van der Waals surface area (Å²) in [7, 11) is 0. The first-order valence-electron chi connectivity index (χ1n) is 8.62. The smallest absolute Gasteiger partial charge is 0.235 e. The Morgan fingerprint density at radius 1 is 1.00 bits per heavy atom. The molecule has 0 aliphatic carbocycles. The Kier molecular flexibility index (Phi) is 5.91. The largest absolute Gasteiger partial charge is 0.595 e. The second-order valence-corrected chi connectivity index (χ2v) is 6.22. The molecule has 0 saturated heterocycles. The van der Waals surface area contributed by atoms with Crippen molar-refractivity contribution in [3.8, 4) is 0 Å². The first kappa shape index (κ1) is 19.8. The minimum absolute atomic E-state index is 0. The lowest BCUT2D eigenvalue weighted by Gasteiger charge is -2.18. The van der Waals surface area contributed by atoms with Crippen molar-refractivity contribution >= 4 is 45.6 Å². The Labute approximate surface area is 167 Å². The fourth-order valence-electron chi connectivity index (χ4n) is 3.29. The summed E-state index contributed by atoms with van der Waals surface area (Å²) in [6, 6.07) is 18.2. The Bertz CT molecular complexity index is 1120. The standard InChI is InChI=1S/C20H19N4O3.ClH/c25-23-13-4-3-6-14(23)11-12-21-20-15-7-1-2-8-16(15)22-17-9-5-10-18(19(17)20)24(26)27;/h1-10,13,24-26H,11-12H2,(H,21,22);1H/q+1;. The Hall–Kier alpha value is -2.97. The number of fused-ring (bicyclic) bond motifs is 2. The molecule has 0 bridgehead atoms. The fraction of sp³-hybridized carbons (Fsp3) is 0.100. The van der Waals surface area contributed by atoms with Crippen LogP contribution < -0.4 is 15.3 Å². The zero-order chi connectivity index (χ0) is 18.8. The molecule has 0 saturated carbocycles. The van der Waals surface area contributed by atoms with Gasteiger partial charge in [0.2, 0.25) is 11.9 Å². The number of benzene rings is 2. The first-order valence-corrected chi connectivity index (χ1v) is 8.62. The van der Waals surface area contributed by atoms with Crippen molar-refractivity contribution in [2.24, 2.45) is 0 Å². The van der Waals surface area contributed by atoms with E-state index in [1.165, 1.54) is 0 Å². The average molecular weight is 400 g/mol. The van der Waals surface area contributed by atoms with Gasteiger partial charge >= 0.3 is 0 Å². The van der Waals surface area contributed by atoms with E-state index in [-0.39, 0.29) is 18.1 Å². The van der Waals surface area contributed by atoms with E-state index < -0.39 is 5.23 Å². The maximum absolute atomic E-state index is 11.8. The molecule has 1 unspecified atom stereocenters. The molecule has 8 heteroatoms. The third kappa shape index (κ3) is 3.69. The molecule has 0 fully saturated rings. The van der Waals surface area contributed by atoms with E-state index in [1.807, 2.05) is 42.5 Å². The number of hydrogen-bond acceptors (Lipinski definition) is 5. The van der Waals surface area contributed by atoms with Crippen LogP contribution in [0.3, 0.4) is 0 Å². The molecule has 0 amide bonds. The highest BCUT2D eigenvalue weighted by molar-refractivity contribution is 6.11. The molecular formula is C20H20ClN4O3+. The number of para-hydroxylation sites is 1. The monoisotopic (exact) mass is 399 g/mol. The number of halogens is 1. The third-order valence-corrected chi connectivity index (χ3v) is 4.54. The SMILES string of the molecule is Cl.[O-][NH+](O)c1cccc2nc3ccccc3c(NCCc3cccc[n+]3O)c12. The van der Waals surface area contributed by atoms with Crippen LogP contribution in [0, 0.1) is 5.21 Å². The van der Waals surface area contributed by atoms with Crippen molar-refractivity contribution in [1.82, 2.24) is 4.98 Å². The lowest BCUT2D eigenvalue weighted by atomic mass is 10.1. The van der Waals surface area contributed by atoms with Crippen molar-refractivity contribution < 1.29 is 20.4 Å². The van der Waals surface area contributed by atoms with Gasteiger partial charge in [0.05, 0.1) is 28.5 Å². The van der Waals surface area contributed by atoms with Crippen LogP contribution in [0.25, 0.3) is 21.8 Å². The molecule has 144 valence electrons. The van der Waals surface area contributed by atoms with Crippen molar-refractivity contribution in [3.05, 3.63) is 77.8 Å². The van der Waals surface area contributed by atoms with Gasteiger partial charge < -0.3 is 10.5 Å². The highest BCUT2D eigenvalue weighted by atomic mass is 35.5. The van der Waals surface area contributed by atoms with Crippen LogP contribution in [0.4, 0.5) is 11.4 Å². The molecule has 2 heterocycles. The van der Waals surface area contributed by atoms with Gasteiger partial charge in [0, 0.05) is 34.9 Å². The molecule has 0 spiro atoms. The van der Waals surface area contributed by atoms with E-state index in [4.69, 9.17) is 0 Å². The van der Waals surface area contributed by atoms with Gasteiger partial charge in [-0.2, -0.15) is 5.23 Å². The molecule has 0 aliphatic heterocycles. The molecule has 4 N–H and O–H groups in total. The van der Waals surface area contributed by atoms with Crippen molar-refractivity contribution in [3.63, 3.8) is 0 Å². The normalized spacial score (nSPS) is 11.9. The number of aromatic nitrogens is 2. The highest BCUT2D eigenvalue weighted by Gasteiger charge is 2.17. The van der Waals surface area contributed by atoms with Crippen molar-refractivity contribution in [1.29, 1.82) is 0 Å². The van der Waals surface area contributed by atoms with Gasteiger partial charge in [-0.1, -0.05) is 24.3 Å².